The number of nitrogens with zero attached hydrogens (tertiary/aromatic N) is 2. The Hall–Kier alpha value is -1.73. The van der Waals surface area contributed by atoms with Gasteiger partial charge in [0, 0.05) is 12.4 Å². The normalized spacial score (nSPS) is 11.6. The fraction of sp³-hybridized carbons (Fsp3) is 0. The predicted octanol–water partition coefficient (Wildman–Crippen LogP) is 0.659. The second-order valence-electron chi connectivity index (χ2n) is 3.08. The van der Waals surface area contributed by atoms with Crippen LogP contribution in [0.3, 0.4) is 0 Å². The monoisotopic (exact) mass is 241 g/mol. The number of para-hydroxylation sites is 1. The van der Waals surface area contributed by atoms with Crippen LogP contribution < -0.4 is 5.14 Å². The number of imidazole rings is 1. The third kappa shape index (κ3) is 1.82. The first-order valence-corrected chi connectivity index (χ1v) is 5.86. The van der Waals surface area contributed by atoms with Gasteiger partial charge in [0.15, 0.2) is 0 Å². The maximum Gasteiger partial charge on any atom is 0.272 e. The van der Waals surface area contributed by atoms with Crippen molar-refractivity contribution in [2.24, 2.45) is 5.14 Å². The summed E-state index contributed by atoms with van der Waals surface area (Å²) in [6, 6.07) is 5.76. The third-order valence-electron chi connectivity index (χ3n) is 1.97. The Morgan fingerprint density at radius 1 is 1.31 bits per heavy atom. The van der Waals surface area contributed by atoms with Crippen LogP contribution in [0, 0.1) is 5.82 Å². The van der Waals surface area contributed by atoms with Crippen LogP contribution in [0.4, 0.5) is 4.39 Å². The number of nitrogens with two attached hydrogens (primary N) is 1. The van der Waals surface area contributed by atoms with E-state index in [1.54, 1.807) is 6.07 Å². The van der Waals surface area contributed by atoms with Crippen LogP contribution in [0.15, 0.2) is 41.8 Å². The molecule has 1 aromatic carbocycles. The summed E-state index contributed by atoms with van der Waals surface area (Å²) in [7, 11) is -3.97. The molecule has 2 rings (SSSR count). The Balaban J connectivity index is 2.68. The quantitative estimate of drug-likeness (QED) is 0.838. The molecule has 0 aliphatic rings. The summed E-state index contributed by atoms with van der Waals surface area (Å²) in [5.41, 5.74) is 0.0871. The van der Waals surface area contributed by atoms with Crippen molar-refractivity contribution in [2.45, 2.75) is 5.16 Å². The lowest BCUT2D eigenvalue weighted by Crippen LogP contribution is -2.18. The number of aromatic nitrogens is 2. The minimum Gasteiger partial charge on any atom is -0.287 e. The lowest BCUT2D eigenvalue weighted by molar-refractivity contribution is 0.580. The Kier molecular flexibility index (Phi) is 2.49. The Morgan fingerprint density at radius 3 is 2.62 bits per heavy atom. The second kappa shape index (κ2) is 3.69. The van der Waals surface area contributed by atoms with Crippen molar-refractivity contribution in [2.75, 3.05) is 0 Å². The van der Waals surface area contributed by atoms with Crippen LogP contribution in [0.1, 0.15) is 0 Å². The molecule has 0 spiro atoms. The molecule has 16 heavy (non-hydrogen) atoms. The molecular weight excluding hydrogens is 233 g/mol. The van der Waals surface area contributed by atoms with E-state index in [1.165, 1.54) is 30.6 Å². The van der Waals surface area contributed by atoms with Gasteiger partial charge in [-0.05, 0) is 12.1 Å². The van der Waals surface area contributed by atoms with E-state index in [9.17, 15) is 12.8 Å². The molecule has 0 aliphatic carbocycles. The van der Waals surface area contributed by atoms with E-state index < -0.39 is 21.0 Å². The molecule has 0 radical (unpaired) electrons. The number of halogens is 1. The van der Waals surface area contributed by atoms with Crippen LogP contribution in [0.2, 0.25) is 0 Å². The van der Waals surface area contributed by atoms with Crippen molar-refractivity contribution in [3.63, 3.8) is 0 Å². The molecule has 0 bridgehead atoms. The zero-order chi connectivity index (χ0) is 11.8. The Morgan fingerprint density at radius 2 is 2.00 bits per heavy atom. The SMILES string of the molecule is NS(=O)(=O)c1nccn1-c1ccccc1F. The number of hydrogen-bond acceptors (Lipinski definition) is 3. The summed E-state index contributed by atoms with van der Waals surface area (Å²) >= 11 is 0. The van der Waals surface area contributed by atoms with Crippen molar-refractivity contribution in [3.05, 3.63) is 42.5 Å². The van der Waals surface area contributed by atoms with Gasteiger partial charge in [-0.15, -0.1) is 0 Å². The zero-order valence-electron chi connectivity index (χ0n) is 8.04. The predicted molar refractivity (Wildman–Crippen MR) is 54.9 cm³/mol. The van der Waals surface area contributed by atoms with Gasteiger partial charge in [0.25, 0.3) is 10.0 Å². The average molecular weight is 241 g/mol. The molecule has 0 unspecified atom stereocenters. The van der Waals surface area contributed by atoms with Gasteiger partial charge in [0.2, 0.25) is 5.16 Å². The largest absolute Gasteiger partial charge is 0.287 e. The van der Waals surface area contributed by atoms with E-state index in [0.717, 1.165) is 4.57 Å². The van der Waals surface area contributed by atoms with Crippen LogP contribution in [0.25, 0.3) is 5.69 Å². The number of primary sulfonamides is 1. The molecule has 0 fully saturated rings. The summed E-state index contributed by atoms with van der Waals surface area (Å²) < 4.78 is 36.9. The molecule has 2 N–H and O–H groups in total. The van der Waals surface area contributed by atoms with Crippen molar-refractivity contribution in [3.8, 4) is 5.69 Å². The highest BCUT2D eigenvalue weighted by molar-refractivity contribution is 7.89. The molecular formula is C9H8FN3O2S. The van der Waals surface area contributed by atoms with Crippen LogP contribution in [-0.2, 0) is 10.0 Å². The first-order valence-electron chi connectivity index (χ1n) is 4.31. The summed E-state index contributed by atoms with van der Waals surface area (Å²) in [6.07, 6.45) is 2.57. The van der Waals surface area contributed by atoms with Gasteiger partial charge in [-0.25, -0.2) is 22.9 Å². The van der Waals surface area contributed by atoms with Gasteiger partial charge < -0.3 is 0 Å². The summed E-state index contributed by atoms with van der Waals surface area (Å²) in [5, 5.41) is 4.56. The summed E-state index contributed by atoms with van der Waals surface area (Å²) in [6.45, 7) is 0. The molecule has 0 atom stereocenters. The molecule has 5 nitrogen and oxygen atoms in total. The standard InChI is InChI=1S/C9H8FN3O2S/c10-7-3-1-2-4-8(7)13-6-5-12-9(13)16(11,14)15/h1-6H,(H2,11,14,15). The van der Waals surface area contributed by atoms with E-state index >= 15 is 0 Å². The van der Waals surface area contributed by atoms with Gasteiger partial charge in [-0.3, -0.25) is 4.57 Å². The van der Waals surface area contributed by atoms with E-state index in [4.69, 9.17) is 5.14 Å². The van der Waals surface area contributed by atoms with E-state index in [2.05, 4.69) is 4.98 Å². The molecule has 0 saturated carbocycles. The molecule has 1 aromatic heterocycles. The van der Waals surface area contributed by atoms with Crippen LogP contribution >= 0.6 is 0 Å². The summed E-state index contributed by atoms with van der Waals surface area (Å²) in [5.74, 6) is -0.551. The molecule has 0 saturated heterocycles. The molecule has 2 aromatic rings. The van der Waals surface area contributed by atoms with Gasteiger partial charge >= 0.3 is 0 Å². The third-order valence-corrected chi connectivity index (χ3v) is 2.78. The lowest BCUT2D eigenvalue weighted by atomic mass is 10.3. The van der Waals surface area contributed by atoms with Gasteiger partial charge in [-0.2, -0.15) is 0 Å². The molecule has 0 aliphatic heterocycles. The van der Waals surface area contributed by atoms with Crippen molar-refractivity contribution < 1.29 is 12.8 Å². The summed E-state index contributed by atoms with van der Waals surface area (Å²) in [4.78, 5) is 3.59. The highest BCUT2D eigenvalue weighted by atomic mass is 32.2. The molecule has 0 amide bonds. The fourth-order valence-corrected chi connectivity index (χ4v) is 1.97. The number of hydrogen-bond donors (Lipinski definition) is 1. The fourth-order valence-electron chi connectivity index (χ4n) is 1.33. The average Bonchev–Trinajstić information content (AvgIpc) is 2.66. The van der Waals surface area contributed by atoms with E-state index in [1.807, 2.05) is 0 Å². The highest BCUT2D eigenvalue weighted by Crippen LogP contribution is 2.16. The first kappa shape index (κ1) is 10.8. The van der Waals surface area contributed by atoms with Gasteiger partial charge in [-0.1, -0.05) is 12.1 Å². The molecule has 84 valence electrons. The lowest BCUT2D eigenvalue weighted by Gasteiger charge is -2.06. The molecule has 1 heterocycles. The van der Waals surface area contributed by atoms with Crippen molar-refractivity contribution >= 4 is 10.0 Å². The minimum atomic E-state index is -3.97. The minimum absolute atomic E-state index is 0.0871. The van der Waals surface area contributed by atoms with Gasteiger partial charge in [0.05, 0.1) is 5.69 Å². The second-order valence-corrected chi connectivity index (χ2v) is 4.53. The number of benzene rings is 1. The first-order chi connectivity index (χ1) is 7.50. The van der Waals surface area contributed by atoms with Crippen molar-refractivity contribution in [1.82, 2.24) is 9.55 Å². The van der Waals surface area contributed by atoms with E-state index in [-0.39, 0.29) is 5.69 Å². The van der Waals surface area contributed by atoms with Crippen LogP contribution in [0.5, 0.6) is 0 Å². The smallest absolute Gasteiger partial charge is 0.272 e. The van der Waals surface area contributed by atoms with Crippen molar-refractivity contribution in [1.29, 1.82) is 0 Å². The maximum atomic E-state index is 13.4. The number of sulfonamides is 1. The topological polar surface area (TPSA) is 78.0 Å². The Bertz CT molecular complexity index is 621. The van der Waals surface area contributed by atoms with Crippen LogP contribution in [-0.4, -0.2) is 18.0 Å². The zero-order valence-corrected chi connectivity index (χ0v) is 8.86. The highest BCUT2D eigenvalue weighted by Gasteiger charge is 2.17. The maximum absolute atomic E-state index is 13.4. The number of rotatable bonds is 2. The van der Waals surface area contributed by atoms with E-state index in [0.29, 0.717) is 0 Å². The Labute approximate surface area is 91.4 Å². The molecule has 7 heteroatoms. The van der Waals surface area contributed by atoms with Gasteiger partial charge in [0.1, 0.15) is 5.82 Å².